The van der Waals surface area contributed by atoms with Gasteiger partial charge in [0.25, 0.3) is 0 Å². The van der Waals surface area contributed by atoms with Gasteiger partial charge < -0.3 is 5.32 Å². The first kappa shape index (κ1) is 13.3. The number of rotatable bonds is 4. The summed E-state index contributed by atoms with van der Waals surface area (Å²) >= 11 is 11.7. The molecule has 1 nitrogen and oxygen atoms in total. The molecule has 0 spiro atoms. The summed E-state index contributed by atoms with van der Waals surface area (Å²) in [6.07, 6.45) is 0.958. The van der Waals surface area contributed by atoms with Gasteiger partial charge in [0, 0.05) is 21.8 Å². The quantitative estimate of drug-likeness (QED) is 0.827. The van der Waals surface area contributed by atoms with E-state index in [4.69, 9.17) is 23.2 Å². The van der Waals surface area contributed by atoms with Gasteiger partial charge in [-0.15, -0.1) is 0 Å². The summed E-state index contributed by atoms with van der Waals surface area (Å²) in [6.45, 7) is 2.16. The molecule has 1 N–H and O–H groups in total. The van der Waals surface area contributed by atoms with Gasteiger partial charge in [0.1, 0.15) is 0 Å². The number of anilines is 1. The standard InChI is InChI=1S/C15H15Cl2N/c1-11(10-12-2-4-13(16)5-3-12)18-15-8-6-14(17)7-9-15/h2-9,11,18H,10H2,1H3. The molecule has 0 aliphatic rings. The van der Waals surface area contributed by atoms with Crippen molar-refractivity contribution in [2.75, 3.05) is 5.32 Å². The lowest BCUT2D eigenvalue weighted by Gasteiger charge is -2.15. The Hall–Kier alpha value is -1.18. The van der Waals surface area contributed by atoms with E-state index in [0.717, 1.165) is 22.2 Å². The summed E-state index contributed by atoms with van der Waals surface area (Å²) in [7, 11) is 0. The van der Waals surface area contributed by atoms with Gasteiger partial charge in [-0.05, 0) is 55.3 Å². The number of halogens is 2. The molecule has 3 heteroatoms. The fourth-order valence-electron chi connectivity index (χ4n) is 1.86. The molecular weight excluding hydrogens is 265 g/mol. The van der Waals surface area contributed by atoms with Crippen LogP contribution in [-0.4, -0.2) is 6.04 Å². The molecule has 0 aromatic heterocycles. The van der Waals surface area contributed by atoms with Gasteiger partial charge >= 0.3 is 0 Å². The van der Waals surface area contributed by atoms with Crippen LogP contribution in [0.2, 0.25) is 10.0 Å². The van der Waals surface area contributed by atoms with Crippen molar-refractivity contribution in [1.29, 1.82) is 0 Å². The van der Waals surface area contributed by atoms with Gasteiger partial charge in [-0.3, -0.25) is 0 Å². The van der Waals surface area contributed by atoms with Crippen LogP contribution in [0.4, 0.5) is 5.69 Å². The molecule has 2 rings (SSSR count). The molecule has 0 saturated heterocycles. The molecule has 2 aromatic carbocycles. The molecule has 94 valence electrons. The van der Waals surface area contributed by atoms with Crippen molar-refractivity contribution >= 4 is 28.9 Å². The molecule has 18 heavy (non-hydrogen) atoms. The van der Waals surface area contributed by atoms with Gasteiger partial charge in [0.2, 0.25) is 0 Å². The van der Waals surface area contributed by atoms with Crippen molar-refractivity contribution in [3.63, 3.8) is 0 Å². The highest BCUT2D eigenvalue weighted by Gasteiger charge is 2.03. The van der Waals surface area contributed by atoms with E-state index >= 15 is 0 Å². The van der Waals surface area contributed by atoms with E-state index in [1.165, 1.54) is 5.56 Å². The number of hydrogen-bond donors (Lipinski definition) is 1. The first-order valence-corrected chi connectivity index (χ1v) is 6.65. The van der Waals surface area contributed by atoms with Crippen LogP contribution >= 0.6 is 23.2 Å². The second-order valence-electron chi connectivity index (χ2n) is 4.38. The molecular formula is C15H15Cl2N. The van der Waals surface area contributed by atoms with Crippen molar-refractivity contribution < 1.29 is 0 Å². The fourth-order valence-corrected chi connectivity index (χ4v) is 2.11. The maximum Gasteiger partial charge on any atom is 0.0407 e. The third-order valence-corrected chi connectivity index (χ3v) is 3.22. The van der Waals surface area contributed by atoms with E-state index in [-0.39, 0.29) is 0 Å². The van der Waals surface area contributed by atoms with Crippen molar-refractivity contribution in [1.82, 2.24) is 0 Å². The summed E-state index contributed by atoms with van der Waals surface area (Å²) in [5.74, 6) is 0. The van der Waals surface area contributed by atoms with Gasteiger partial charge in [-0.1, -0.05) is 35.3 Å². The van der Waals surface area contributed by atoms with E-state index in [2.05, 4.69) is 24.4 Å². The van der Waals surface area contributed by atoms with E-state index in [0.29, 0.717) is 6.04 Å². The minimum Gasteiger partial charge on any atom is -0.382 e. The highest BCUT2D eigenvalue weighted by Crippen LogP contribution is 2.16. The lowest BCUT2D eigenvalue weighted by molar-refractivity contribution is 0.790. The molecule has 2 aromatic rings. The lowest BCUT2D eigenvalue weighted by atomic mass is 10.1. The van der Waals surface area contributed by atoms with Crippen LogP contribution < -0.4 is 5.32 Å². The Balaban J connectivity index is 1.94. The van der Waals surface area contributed by atoms with Crippen molar-refractivity contribution in [3.05, 3.63) is 64.1 Å². The highest BCUT2D eigenvalue weighted by molar-refractivity contribution is 6.30. The zero-order chi connectivity index (χ0) is 13.0. The summed E-state index contributed by atoms with van der Waals surface area (Å²) in [5.41, 5.74) is 2.36. The monoisotopic (exact) mass is 279 g/mol. The van der Waals surface area contributed by atoms with Crippen LogP contribution in [0.1, 0.15) is 12.5 Å². The zero-order valence-electron chi connectivity index (χ0n) is 10.2. The Morgan fingerprint density at radius 1 is 0.889 bits per heavy atom. The van der Waals surface area contributed by atoms with Gasteiger partial charge in [0.05, 0.1) is 0 Å². The average molecular weight is 280 g/mol. The normalized spacial score (nSPS) is 12.2. The second-order valence-corrected chi connectivity index (χ2v) is 5.26. The van der Waals surface area contributed by atoms with Crippen LogP contribution in [0.25, 0.3) is 0 Å². The van der Waals surface area contributed by atoms with Gasteiger partial charge in [-0.2, -0.15) is 0 Å². The Labute approximate surface area is 118 Å². The Morgan fingerprint density at radius 2 is 1.39 bits per heavy atom. The van der Waals surface area contributed by atoms with E-state index in [1.807, 2.05) is 36.4 Å². The van der Waals surface area contributed by atoms with Crippen molar-refractivity contribution in [2.45, 2.75) is 19.4 Å². The molecule has 0 aliphatic carbocycles. The largest absolute Gasteiger partial charge is 0.382 e. The van der Waals surface area contributed by atoms with Crippen LogP contribution in [0.3, 0.4) is 0 Å². The van der Waals surface area contributed by atoms with Crippen LogP contribution in [0, 0.1) is 0 Å². The molecule has 0 aliphatic heterocycles. The number of nitrogens with one attached hydrogen (secondary N) is 1. The van der Waals surface area contributed by atoms with E-state index in [1.54, 1.807) is 0 Å². The lowest BCUT2D eigenvalue weighted by Crippen LogP contribution is -2.17. The minimum atomic E-state index is 0.354. The third kappa shape index (κ3) is 3.94. The summed E-state index contributed by atoms with van der Waals surface area (Å²) < 4.78 is 0. The van der Waals surface area contributed by atoms with Crippen LogP contribution in [-0.2, 0) is 6.42 Å². The fraction of sp³-hybridized carbons (Fsp3) is 0.200. The molecule has 1 atom stereocenters. The topological polar surface area (TPSA) is 12.0 Å². The van der Waals surface area contributed by atoms with Crippen LogP contribution in [0.15, 0.2) is 48.5 Å². The molecule has 0 saturated carbocycles. The van der Waals surface area contributed by atoms with Gasteiger partial charge in [0.15, 0.2) is 0 Å². The third-order valence-electron chi connectivity index (χ3n) is 2.71. The molecule has 0 amide bonds. The summed E-state index contributed by atoms with van der Waals surface area (Å²) in [6, 6.07) is 16.1. The molecule has 0 radical (unpaired) electrons. The van der Waals surface area contributed by atoms with E-state index in [9.17, 15) is 0 Å². The molecule has 0 heterocycles. The first-order chi connectivity index (χ1) is 8.63. The Bertz CT molecular complexity index is 443. The predicted octanol–water partition coefficient (Wildman–Crippen LogP) is 5.04. The maximum absolute atomic E-state index is 5.86. The van der Waals surface area contributed by atoms with Crippen molar-refractivity contribution in [2.24, 2.45) is 0 Å². The first-order valence-electron chi connectivity index (χ1n) is 5.90. The smallest absolute Gasteiger partial charge is 0.0407 e. The van der Waals surface area contributed by atoms with Crippen LogP contribution in [0.5, 0.6) is 0 Å². The Morgan fingerprint density at radius 3 is 1.94 bits per heavy atom. The SMILES string of the molecule is CC(Cc1ccc(Cl)cc1)Nc1ccc(Cl)cc1. The minimum absolute atomic E-state index is 0.354. The Kier molecular flexibility index (Phi) is 4.51. The second kappa shape index (κ2) is 6.12. The molecule has 1 unspecified atom stereocenters. The van der Waals surface area contributed by atoms with Crippen molar-refractivity contribution in [3.8, 4) is 0 Å². The van der Waals surface area contributed by atoms with E-state index < -0.39 is 0 Å². The zero-order valence-corrected chi connectivity index (χ0v) is 11.7. The highest BCUT2D eigenvalue weighted by atomic mass is 35.5. The average Bonchev–Trinajstić information content (AvgIpc) is 2.35. The summed E-state index contributed by atoms with van der Waals surface area (Å²) in [5, 5.41) is 4.97. The molecule has 0 bridgehead atoms. The maximum atomic E-state index is 5.86. The van der Waals surface area contributed by atoms with Gasteiger partial charge in [-0.25, -0.2) is 0 Å². The number of hydrogen-bond acceptors (Lipinski definition) is 1. The molecule has 0 fully saturated rings. The summed E-state index contributed by atoms with van der Waals surface area (Å²) in [4.78, 5) is 0. The number of benzene rings is 2. The predicted molar refractivity (Wildman–Crippen MR) is 79.7 cm³/mol.